The zero-order valence-electron chi connectivity index (χ0n) is 59.9. The van der Waals surface area contributed by atoms with Crippen LogP contribution in [0.4, 0.5) is 5.69 Å². The maximum absolute atomic E-state index is 16.2. The molecule has 7 heterocycles. The summed E-state index contributed by atoms with van der Waals surface area (Å²) < 4.78 is 38.5. The average Bonchev–Trinajstić information content (AvgIpc) is 0.765. The number of carbonyl (C=O) groups is 9. The number of aliphatic hydroxyl groups is 6. The molecule has 13 rings (SSSR count). The number of nitrogens with one attached hydrogen (secondary N) is 9. The Hall–Kier alpha value is -11.0. The molecule has 11 bridgehead atoms. The van der Waals surface area contributed by atoms with Gasteiger partial charge in [-0.05, 0) is 140 Å². The first kappa shape index (κ1) is 81.0. The van der Waals surface area contributed by atoms with Crippen LogP contribution in [0.25, 0.3) is 11.1 Å². The van der Waals surface area contributed by atoms with Gasteiger partial charge in [0.25, 0.3) is 0 Å². The number of phenols is 4. The number of hydrogen-bond donors (Lipinski definition) is 21. The van der Waals surface area contributed by atoms with Crippen molar-refractivity contribution < 1.29 is 123 Å². The summed E-state index contributed by atoms with van der Waals surface area (Å²) >= 11 is 7.14. The molecule has 0 radical (unpaired) electrons. The Morgan fingerprint density at radius 1 is 0.694 bits per heavy atom. The van der Waals surface area contributed by atoms with E-state index in [1.54, 1.807) is 0 Å². The second-order valence-corrected chi connectivity index (χ2v) is 28.5. The lowest BCUT2D eigenvalue weighted by Gasteiger charge is -2.47. The summed E-state index contributed by atoms with van der Waals surface area (Å²) in [6, 6.07) is 6.49. The van der Waals surface area contributed by atoms with Crippen molar-refractivity contribution in [1.29, 1.82) is 0 Å². The zero-order valence-corrected chi connectivity index (χ0v) is 60.7. The number of phenolic OH excluding ortho intramolecular Hbond substituents is 4. The predicted octanol–water partition coefficient (Wildman–Crippen LogP) is -0.171. The Balaban J connectivity index is 1.12. The number of primary amides is 1. The van der Waals surface area contributed by atoms with Crippen LogP contribution in [0.15, 0.2) is 109 Å². The molecular formula is C74H84ClN11O25. The first-order chi connectivity index (χ1) is 52.6. The highest BCUT2D eigenvalue weighted by molar-refractivity contribution is 6.32. The molecule has 0 saturated carbocycles. The Labute approximate surface area is 637 Å². The van der Waals surface area contributed by atoms with Crippen molar-refractivity contribution in [2.75, 3.05) is 25.5 Å². The van der Waals surface area contributed by atoms with Crippen LogP contribution in [0, 0.1) is 5.92 Å². The molecule has 37 heteroatoms. The maximum atomic E-state index is 16.2. The van der Waals surface area contributed by atoms with Gasteiger partial charge in [-0.1, -0.05) is 49.7 Å². The topological polar surface area (TPSA) is 572 Å². The molecule has 23 N–H and O–H groups in total. The van der Waals surface area contributed by atoms with Crippen LogP contribution in [0.3, 0.4) is 0 Å². The fourth-order valence-corrected chi connectivity index (χ4v) is 13.7. The number of amides is 9. The molecule has 7 aliphatic heterocycles. The van der Waals surface area contributed by atoms with Crippen molar-refractivity contribution in [1.82, 2.24) is 42.5 Å². The smallest absolute Gasteiger partial charge is 0.248 e. The first-order valence-electron chi connectivity index (χ1n) is 35.0. The van der Waals surface area contributed by atoms with E-state index in [1.165, 1.54) is 69.4 Å². The fraction of sp³-hybridized carbons (Fsp3) is 0.392. The summed E-state index contributed by atoms with van der Waals surface area (Å²) in [5.41, 5.74) is 8.45. The molecule has 0 aliphatic carbocycles. The van der Waals surface area contributed by atoms with E-state index in [0.29, 0.717) is 0 Å². The van der Waals surface area contributed by atoms with Gasteiger partial charge in [0.05, 0.1) is 42.8 Å². The van der Waals surface area contributed by atoms with Crippen molar-refractivity contribution in [3.63, 3.8) is 0 Å². The Bertz CT molecular complexity index is 4560. The number of rotatable bonds is 16. The lowest BCUT2D eigenvalue weighted by atomic mass is 9.86. The number of benzene rings is 6. The van der Waals surface area contributed by atoms with Crippen molar-refractivity contribution in [2.45, 2.75) is 156 Å². The molecule has 6 aromatic carbocycles. The Morgan fingerprint density at radius 2 is 1.35 bits per heavy atom. The molecule has 7 aliphatic rings. The van der Waals surface area contributed by atoms with Gasteiger partial charge in [0, 0.05) is 34.8 Å². The maximum Gasteiger partial charge on any atom is 0.248 e. The average molecular weight is 1560 g/mol. The second kappa shape index (κ2) is 33.7. The monoisotopic (exact) mass is 1560 g/mol. The highest BCUT2D eigenvalue weighted by Gasteiger charge is 2.52. The van der Waals surface area contributed by atoms with Crippen molar-refractivity contribution in [2.24, 2.45) is 17.4 Å². The molecule has 36 nitrogen and oxygen atoms in total. The van der Waals surface area contributed by atoms with E-state index < -0.39 is 250 Å². The number of fused-ring (bicyclic) bond motifs is 15. The van der Waals surface area contributed by atoms with Gasteiger partial charge >= 0.3 is 0 Å². The highest BCUT2D eigenvalue weighted by Crippen LogP contribution is 2.49. The number of hydrogen-bond acceptors (Lipinski definition) is 27. The van der Waals surface area contributed by atoms with E-state index in [1.807, 2.05) is 13.8 Å². The highest BCUT2D eigenvalue weighted by atomic mass is 35.5. The number of halogens is 1. The van der Waals surface area contributed by atoms with Gasteiger partial charge in [-0.15, -0.1) is 0 Å². The molecule has 2 saturated heterocycles. The van der Waals surface area contributed by atoms with Crippen LogP contribution in [-0.4, -0.2) is 203 Å². The summed E-state index contributed by atoms with van der Waals surface area (Å²) in [5, 5.41) is 137. The quantitative estimate of drug-likeness (QED) is 0.0559. The van der Waals surface area contributed by atoms with Gasteiger partial charge in [0.2, 0.25) is 65.2 Å². The van der Waals surface area contributed by atoms with Crippen LogP contribution in [0.5, 0.6) is 51.7 Å². The number of aromatic hydroxyl groups is 4. The summed E-state index contributed by atoms with van der Waals surface area (Å²) in [6.07, 6.45) is -18.5. The van der Waals surface area contributed by atoms with Gasteiger partial charge in [-0.2, -0.15) is 0 Å². The van der Waals surface area contributed by atoms with Gasteiger partial charge < -0.3 is 139 Å². The normalized spacial score (nSPS) is 27.7. The minimum atomic E-state index is -2.34. The summed E-state index contributed by atoms with van der Waals surface area (Å²) in [5.74, 6) is -16.0. The molecule has 0 spiro atoms. The van der Waals surface area contributed by atoms with Gasteiger partial charge in [0.1, 0.15) is 101 Å². The van der Waals surface area contributed by atoms with E-state index >= 15 is 19.2 Å². The van der Waals surface area contributed by atoms with E-state index in [9.17, 15) is 75.0 Å². The van der Waals surface area contributed by atoms with E-state index in [-0.39, 0.29) is 52.6 Å². The lowest BCUT2D eigenvalue weighted by Crippen LogP contribution is -2.64. The molecule has 0 aromatic heterocycles. The molecule has 9 amide bonds. The SMILES string of the molecule is CN[C@H](CC(C)C)C(=O)N[C@H]1C(=O)N[C@@H](CC(N)=O)C(=O)NC2C(=O)N[C@H]3C(=O)N[C@H](C(=O)NC(C(=O)NCC(=O)Nc4ccc(O)cc4)c4cc(O)cc(O)c4-c4cc3ccc4O)[C@H](O)c3ccc(c(Cl)c3)Oc3cc2cc(c3O[C@@H]2O[C@H](CO)[C@@H](O)[C@H](O)[C@H]2OC2C[C@](C)(N)[C@H](O)[C@H](C)O2)Oc2ccc(cc2)[C@H]1O. The molecule has 111 heavy (non-hydrogen) atoms. The van der Waals surface area contributed by atoms with Crippen molar-refractivity contribution in [3.8, 4) is 62.9 Å². The number of carbonyl (C=O) groups excluding carboxylic acids is 9. The standard InChI is InChI=1S/C74H84ClN11O25/c1-29(2)18-42(78-5)66(99)85-57-59(94)31-6-14-38(15-7-31)107-47-21-34-22-48(63(47)111-73-64(62(97)61(96)49(28-87)109-73)110-52-26-74(4,77)65(98)30(3)106-52)108-46-17-9-33(20-41(46)75)60(95)58-72(105)84-56(68(101)79-27-51(93)80-35-10-12-36(88)13-11-35)40-23-37(89)24-45(91)53(40)39-19-32(8-16-44(39)90)54(69(102)86-58)83-70(103)55(34)82-67(100)43(25-50(76)92)81-71(57)104/h6-17,19-24,29-30,42-43,49,52,54-62,64-65,73,78,87-91,94-98H,18,25-28,77H2,1-5H3,(H2,76,92)(H,79,101)(H,80,93)(H,81,104)(H,82,100)(H,83,103)(H,84,105)(H,85,99)(H,86,102)/t30-,42+,43-,49+,52?,54+,55?,56?,57+,58-,59+,60+,61+,62-,64+,65+,73-,74-/m0/s1. The zero-order chi connectivity index (χ0) is 80.4. The molecule has 3 unspecified atom stereocenters. The third-order valence-electron chi connectivity index (χ3n) is 19.3. The number of likely N-dealkylation sites (N-methyl/N-ethyl adjacent to an activating group) is 1. The van der Waals surface area contributed by atoms with Crippen molar-refractivity contribution in [3.05, 3.63) is 142 Å². The number of nitrogens with two attached hydrogens (primary N) is 2. The largest absolute Gasteiger partial charge is 0.508 e. The third-order valence-corrected chi connectivity index (χ3v) is 19.6. The van der Waals surface area contributed by atoms with Crippen LogP contribution in [0.2, 0.25) is 5.02 Å². The summed E-state index contributed by atoms with van der Waals surface area (Å²) in [6.45, 7) is 4.86. The lowest BCUT2D eigenvalue weighted by molar-refractivity contribution is -0.333. The minimum Gasteiger partial charge on any atom is -0.508 e. The van der Waals surface area contributed by atoms with Crippen LogP contribution in [-0.2, 0) is 57.4 Å². The Morgan fingerprint density at radius 3 is 2.01 bits per heavy atom. The van der Waals surface area contributed by atoms with E-state index in [2.05, 4.69) is 47.9 Å². The van der Waals surface area contributed by atoms with Gasteiger partial charge in [-0.3, -0.25) is 43.2 Å². The molecule has 2 fully saturated rings. The molecule has 592 valence electrons. The number of anilines is 1. The predicted molar refractivity (Wildman–Crippen MR) is 386 cm³/mol. The van der Waals surface area contributed by atoms with E-state index in [0.717, 1.165) is 60.7 Å². The molecular weight excluding hydrogens is 1480 g/mol. The van der Waals surface area contributed by atoms with Crippen LogP contribution >= 0.6 is 11.6 Å². The fourth-order valence-electron chi connectivity index (χ4n) is 13.5. The van der Waals surface area contributed by atoms with Gasteiger partial charge in [0.15, 0.2) is 23.9 Å². The molecule has 18 atom stereocenters. The first-order valence-corrected chi connectivity index (χ1v) is 35.4. The second-order valence-electron chi connectivity index (χ2n) is 28.1. The summed E-state index contributed by atoms with van der Waals surface area (Å²) in [7, 11) is 1.48. The molecule has 6 aromatic rings. The van der Waals surface area contributed by atoms with Crippen LogP contribution in [0.1, 0.15) is 105 Å². The van der Waals surface area contributed by atoms with Crippen molar-refractivity contribution >= 4 is 70.5 Å². The van der Waals surface area contributed by atoms with Gasteiger partial charge in [-0.25, -0.2) is 0 Å². The third kappa shape index (κ3) is 18.1. The van der Waals surface area contributed by atoms with Crippen LogP contribution < -0.4 is 73.5 Å². The number of aliphatic hydroxyl groups excluding tert-OH is 6. The van der Waals surface area contributed by atoms with E-state index in [4.69, 9.17) is 51.5 Å². The summed E-state index contributed by atoms with van der Waals surface area (Å²) in [4.78, 5) is 133. The number of ether oxygens (including phenoxy) is 6. The Kier molecular flexibility index (Phi) is 24.6. The minimum absolute atomic E-state index is 0.0566.